The summed E-state index contributed by atoms with van der Waals surface area (Å²) in [6, 6.07) is 9.59. The van der Waals surface area contributed by atoms with E-state index in [2.05, 4.69) is 75.1 Å². The fraction of sp³-hybridized carbons (Fsp3) is 0.593. The molecule has 2 N–H and O–H groups in total. The van der Waals surface area contributed by atoms with Crippen LogP contribution < -0.4 is 15.1 Å². The molecule has 8 nitrogen and oxygen atoms in total. The van der Waals surface area contributed by atoms with E-state index in [1.165, 1.54) is 36.9 Å². The van der Waals surface area contributed by atoms with Crippen LogP contribution in [0.25, 0.3) is 11.2 Å². The first kappa shape index (κ1) is 22.6. The van der Waals surface area contributed by atoms with Gasteiger partial charge in [0.2, 0.25) is 5.95 Å². The average Bonchev–Trinajstić information content (AvgIpc) is 3.28. The number of imidazole rings is 1. The van der Waals surface area contributed by atoms with E-state index in [1.807, 2.05) is 0 Å². The normalized spacial score (nSPS) is 20.9. The molecule has 1 aliphatic carbocycles. The van der Waals surface area contributed by atoms with Gasteiger partial charge in [-0.25, -0.2) is 9.97 Å². The number of piperidine rings is 1. The Morgan fingerprint density at radius 1 is 0.971 bits per heavy atom. The maximum absolute atomic E-state index is 5.50. The summed E-state index contributed by atoms with van der Waals surface area (Å²) in [5.74, 6) is 1.87. The minimum atomic E-state index is 0.198. The van der Waals surface area contributed by atoms with Crippen molar-refractivity contribution in [1.82, 2.24) is 19.9 Å². The number of H-pyrrole nitrogens is 1. The molecule has 3 aliphatic rings. The monoisotopic (exact) mass is 475 g/mol. The van der Waals surface area contributed by atoms with Crippen LogP contribution in [0.15, 0.2) is 30.6 Å². The van der Waals surface area contributed by atoms with Gasteiger partial charge in [0.25, 0.3) is 0 Å². The van der Waals surface area contributed by atoms with Crippen LogP contribution in [0, 0.1) is 5.41 Å². The zero-order valence-corrected chi connectivity index (χ0v) is 21.2. The molecule has 6 rings (SSSR count). The molecule has 3 aromatic rings. The molecule has 8 heteroatoms. The zero-order valence-electron chi connectivity index (χ0n) is 21.2. The Labute approximate surface area is 207 Å². The van der Waals surface area contributed by atoms with E-state index < -0.39 is 0 Å². The molecule has 1 saturated carbocycles. The SMILES string of the molecule is CC(C)(C)c1ccc(NC2CC3(CCN(c4nc5ncnc(N6CCOCC6)c5[nH]4)CC3)C2)cc1. The summed E-state index contributed by atoms with van der Waals surface area (Å²) in [4.78, 5) is 22.0. The minimum absolute atomic E-state index is 0.198. The zero-order chi connectivity index (χ0) is 24.0. The molecule has 0 atom stereocenters. The van der Waals surface area contributed by atoms with Crippen molar-refractivity contribution in [2.75, 3.05) is 54.5 Å². The van der Waals surface area contributed by atoms with Crippen LogP contribution in [0.3, 0.4) is 0 Å². The second-order valence-corrected chi connectivity index (χ2v) is 11.6. The lowest BCUT2D eigenvalue weighted by Crippen LogP contribution is -2.51. The molecular weight excluding hydrogens is 438 g/mol. The average molecular weight is 476 g/mol. The molecule has 3 fully saturated rings. The number of hydrogen-bond acceptors (Lipinski definition) is 7. The highest BCUT2D eigenvalue weighted by atomic mass is 16.5. The minimum Gasteiger partial charge on any atom is -0.382 e. The topological polar surface area (TPSA) is 82.2 Å². The van der Waals surface area contributed by atoms with Gasteiger partial charge in [-0.15, -0.1) is 0 Å². The third kappa shape index (κ3) is 4.44. The Bertz CT molecular complexity index is 1160. The van der Waals surface area contributed by atoms with Crippen molar-refractivity contribution in [3.63, 3.8) is 0 Å². The molecule has 4 heterocycles. The lowest BCUT2D eigenvalue weighted by Gasteiger charge is -2.52. The number of aromatic amines is 1. The fourth-order valence-corrected chi connectivity index (χ4v) is 5.96. The maximum atomic E-state index is 5.50. The van der Waals surface area contributed by atoms with Crippen LogP contribution >= 0.6 is 0 Å². The highest BCUT2D eigenvalue weighted by molar-refractivity contribution is 5.85. The van der Waals surface area contributed by atoms with E-state index in [9.17, 15) is 0 Å². The van der Waals surface area contributed by atoms with Crippen LogP contribution in [0.2, 0.25) is 0 Å². The molecule has 0 bridgehead atoms. The first-order valence-electron chi connectivity index (χ1n) is 13.0. The van der Waals surface area contributed by atoms with Gasteiger partial charge in [0.15, 0.2) is 11.5 Å². The van der Waals surface area contributed by atoms with Crippen molar-refractivity contribution >= 4 is 28.6 Å². The number of morpholine rings is 1. The van der Waals surface area contributed by atoms with Gasteiger partial charge < -0.3 is 24.8 Å². The summed E-state index contributed by atoms with van der Waals surface area (Å²) in [5, 5.41) is 3.77. The van der Waals surface area contributed by atoms with Gasteiger partial charge in [-0.1, -0.05) is 32.9 Å². The Hall–Kier alpha value is -2.87. The first-order chi connectivity index (χ1) is 16.9. The number of ether oxygens (including phenoxy) is 1. The Kier molecular flexibility index (Phi) is 5.59. The molecule has 0 unspecified atom stereocenters. The van der Waals surface area contributed by atoms with E-state index in [0.717, 1.165) is 62.3 Å². The van der Waals surface area contributed by atoms with Gasteiger partial charge in [-0.2, -0.15) is 4.98 Å². The summed E-state index contributed by atoms with van der Waals surface area (Å²) in [7, 11) is 0. The van der Waals surface area contributed by atoms with Crippen molar-refractivity contribution in [1.29, 1.82) is 0 Å². The van der Waals surface area contributed by atoms with E-state index in [4.69, 9.17) is 9.72 Å². The van der Waals surface area contributed by atoms with Gasteiger partial charge in [-0.05, 0) is 54.2 Å². The summed E-state index contributed by atoms with van der Waals surface area (Å²) in [6.07, 6.45) is 6.57. The fourth-order valence-electron chi connectivity index (χ4n) is 5.96. The van der Waals surface area contributed by atoms with Crippen molar-refractivity contribution in [3.05, 3.63) is 36.2 Å². The van der Waals surface area contributed by atoms with Gasteiger partial charge in [0.05, 0.1) is 13.2 Å². The standard InChI is InChI=1S/C27H37N7O/c1-26(2,3)19-4-6-20(7-5-19)30-21-16-27(17-21)8-10-34(11-9-27)25-31-22-23(32-25)28-18-29-24(22)33-12-14-35-15-13-33/h4-7,18,21,30H,8-17H2,1-3H3,(H,28,29,31,32). The molecule has 2 aliphatic heterocycles. The molecule has 35 heavy (non-hydrogen) atoms. The smallest absolute Gasteiger partial charge is 0.205 e. The van der Waals surface area contributed by atoms with Crippen LogP contribution in [0.4, 0.5) is 17.5 Å². The van der Waals surface area contributed by atoms with E-state index in [-0.39, 0.29) is 5.41 Å². The van der Waals surface area contributed by atoms with Gasteiger partial charge in [0, 0.05) is 37.9 Å². The largest absolute Gasteiger partial charge is 0.382 e. The third-order valence-corrected chi connectivity index (χ3v) is 8.17. The number of nitrogens with zero attached hydrogens (tertiary/aromatic N) is 5. The molecule has 2 aromatic heterocycles. The second-order valence-electron chi connectivity index (χ2n) is 11.6. The number of anilines is 3. The number of nitrogens with one attached hydrogen (secondary N) is 2. The molecular formula is C27H37N7O. The number of aromatic nitrogens is 4. The first-order valence-corrected chi connectivity index (χ1v) is 13.0. The van der Waals surface area contributed by atoms with Crippen LogP contribution in [-0.4, -0.2) is 65.4 Å². The van der Waals surface area contributed by atoms with Gasteiger partial charge in [0.1, 0.15) is 11.8 Å². The van der Waals surface area contributed by atoms with Gasteiger partial charge in [-0.3, -0.25) is 0 Å². The number of fused-ring (bicyclic) bond motifs is 1. The highest BCUT2D eigenvalue weighted by Gasteiger charge is 2.46. The molecule has 2 saturated heterocycles. The predicted octanol–water partition coefficient (Wildman–Crippen LogP) is 4.35. The predicted molar refractivity (Wildman–Crippen MR) is 140 cm³/mol. The van der Waals surface area contributed by atoms with Crippen molar-refractivity contribution in [2.45, 2.75) is 57.9 Å². The quantitative estimate of drug-likeness (QED) is 0.581. The summed E-state index contributed by atoms with van der Waals surface area (Å²) < 4.78 is 5.50. The maximum Gasteiger partial charge on any atom is 0.205 e. The molecule has 1 spiro atoms. The van der Waals surface area contributed by atoms with E-state index >= 15 is 0 Å². The van der Waals surface area contributed by atoms with E-state index in [1.54, 1.807) is 6.33 Å². The van der Waals surface area contributed by atoms with Crippen molar-refractivity contribution in [2.24, 2.45) is 5.41 Å². The van der Waals surface area contributed by atoms with Crippen molar-refractivity contribution in [3.8, 4) is 0 Å². The molecule has 0 amide bonds. The molecule has 0 radical (unpaired) electrons. The Balaban J connectivity index is 1.06. The lowest BCUT2D eigenvalue weighted by molar-refractivity contribution is 0.0798. The number of benzene rings is 1. The van der Waals surface area contributed by atoms with Crippen LogP contribution in [0.5, 0.6) is 0 Å². The summed E-state index contributed by atoms with van der Waals surface area (Å²) in [5.41, 5.74) is 4.99. The number of hydrogen-bond donors (Lipinski definition) is 2. The lowest BCUT2D eigenvalue weighted by atomic mass is 9.60. The Morgan fingerprint density at radius 3 is 2.37 bits per heavy atom. The summed E-state index contributed by atoms with van der Waals surface area (Å²) >= 11 is 0. The third-order valence-electron chi connectivity index (χ3n) is 8.17. The Morgan fingerprint density at radius 2 is 1.69 bits per heavy atom. The molecule has 186 valence electrons. The van der Waals surface area contributed by atoms with Crippen LogP contribution in [0.1, 0.15) is 52.0 Å². The van der Waals surface area contributed by atoms with Crippen LogP contribution in [-0.2, 0) is 10.2 Å². The highest BCUT2D eigenvalue weighted by Crippen LogP contribution is 2.50. The second kappa shape index (κ2) is 8.66. The van der Waals surface area contributed by atoms with E-state index in [0.29, 0.717) is 11.5 Å². The molecule has 1 aromatic carbocycles. The van der Waals surface area contributed by atoms with Gasteiger partial charge >= 0.3 is 0 Å². The number of rotatable bonds is 4. The van der Waals surface area contributed by atoms with Crippen molar-refractivity contribution < 1.29 is 4.74 Å². The summed E-state index contributed by atoms with van der Waals surface area (Å²) in [6.45, 7) is 12.0.